The number of carbonyl (C=O) groups excluding carboxylic acids is 2. The van der Waals surface area contributed by atoms with Gasteiger partial charge in [-0.15, -0.1) is 0 Å². The molecule has 0 aromatic heterocycles. The maximum Gasteiger partial charge on any atom is 0.242 e. The third-order valence-electron chi connectivity index (χ3n) is 5.50. The van der Waals surface area contributed by atoms with E-state index in [1.165, 1.54) is 9.21 Å². The van der Waals surface area contributed by atoms with E-state index in [2.05, 4.69) is 5.32 Å². The summed E-state index contributed by atoms with van der Waals surface area (Å²) in [6, 6.07) is 13.9. The number of nitrogens with zero attached hydrogens (tertiary/aromatic N) is 2. The fourth-order valence-corrected chi connectivity index (χ4v) is 4.51. The number of rotatable bonds is 12. The Morgan fingerprint density at radius 1 is 1.06 bits per heavy atom. The molecule has 2 aromatic carbocycles. The second-order valence-electron chi connectivity index (χ2n) is 8.21. The van der Waals surface area contributed by atoms with Crippen molar-refractivity contribution in [1.29, 1.82) is 0 Å². The van der Waals surface area contributed by atoms with E-state index < -0.39 is 16.1 Å². The van der Waals surface area contributed by atoms with Crippen LogP contribution in [-0.2, 0) is 26.2 Å². The highest BCUT2D eigenvalue weighted by Crippen LogP contribution is 2.20. The summed E-state index contributed by atoms with van der Waals surface area (Å²) in [5.74, 6) is 0.254. The number of sulfonamides is 1. The standard InChI is InChI=1S/C25H35N3O5S/c1-6-26-25(30)20(3)27(18-21-11-15-23(33-4)16-12-21)24(29)8-7-17-28(34(5,31)32)22-13-9-19(2)10-14-22/h9-16,20H,6-8,17-18H2,1-5H3,(H,26,30)/t20-/m1/s1. The number of nitrogens with one attached hydrogen (secondary N) is 1. The minimum atomic E-state index is -3.51. The lowest BCUT2D eigenvalue weighted by Crippen LogP contribution is -2.47. The van der Waals surface area contributed by atoms with E-state index in [-0.39, 0.29) is 31.3 Å². The molecule has 8 nitrogen and oxygen atoms in total. The molecule has 9 heteroatoms. The van der Waals surface area contributed by atoms with Crippen LogP contribution in [0, 0.1) is 6.92 Å². The molecule has 1 N–H and O–H groups in total. The average Bonchev–Trinajstić information content (AvgIpc) is 2.80. The van der Waals surface area contributed by atoms with Gasteiger partial charge in [-0.3, -0.25) is 13.9 Å². The average molecular weight is 490 g/mol. The Labute approximate surface area is 202 Å². The molecule has 1 atom stereocenters. The molecule has 0 radical (unpaired) electrons. The molecule has 2 rings (SSSR count). The number of likely N-dealkylation sites (N-methyl/N-ethyl adjacent to an activating group) is 1. The summed E-state index contributed by atoms with van der Waals surface area (Å²) in [6.07, 6.45) is 1.58. The van der Waals surface area contributed by atoms with Crippen LogP contribution in [0.4, 0.5) is 5.69 Å². The van der Waals surface area contributed by atoms with E-state index >= 15 is 0 Å². The van der Waals surface area contributed by atoms with Gasteiger partial charge < -0.3 is 15.0 Å². The van der Waals surface area contributed by atoms with Crippen molar-refractivity contribution in [3.05, 3.63) is 59.7 Å². The van der Waals surface area contributed by atoms with Crippen LogP contribution in [0.3, 0.4) is 0 Å². The van der Waals surface area contributed by atoms with Crippen molar-refractivity contribution in [2.45, 2.75) is 46.2 Å². The van der Waals surface area contributed by atoms with Crippen LogP contribution in [0.25, 0.3) is 0 Å². The summed E-state index contributed by atoms with van der Waals surface area (Å²) in [5.41, 5.74) is 2.45. The summed E-state index contributed by atoms with van der Waals surface area (Å²) in [5, 5.41) is 2.76. The number of benzene rings is 2. The minimum absolute atomic E-state index is 0.109. The number of hydrogen-bond acceptors (Lipinski definition) is 5. The fraction of sp³-hybridized carbons (Fsp3) is 0.440. The molecule has 34 heavy (non-hydrogen) atoms. The monoisotopic (exact) mass is 489 g/mol. The van der Waals surface area contributed by atoms with Gasteiger partial charge in [-0.25, -0.2) is 8.42 Å². The zero-order valence-corrected chi connectivity index (χ0v) is 21.4. The number of methoxy groups -OCH3 is 1. The van der Waals surface area contributed by atoms with Crippen LogP contribution in [-0.4, -0.2) is 57.6 Å². The predicted octanol–water partition coefficient (Wildman–Crippen LogP) is 3.10. The van der Waals surface area contributed by atoms with Gasteiger partial charge in [0.05, 0.1) is 19.1 Å². The van der Waals surface area contributed by atoms with Gasteiger partial charge in [0.1, 0.15) is 11.8 Å². The van der Waals surface area contributed by atoms with Crippen molar-refractivity contribution >= 4 is 27.5 Å². The molecular formula is C25H35N3O5S. The largest absolute Gasteiger partial charge is 0.497 e. The fourth-order valence-electron chi connectivity index (χ4n) is 3.55. The number of carbonyl (C=O) groups is 2. The molecule has 0 saturated heterocycles. The number of ether oxygens (including phenoxy) is 1. The van der Waals surface area contributed by atoms with Crippen LogP contribution >= 0.6 is 0 Å². The first-order chi connectivity index (χ1) is 16.1. The SMILES string of the molecule is CCNC(=O)[C@@H](C)N(Cc1ccc(OC)cc1)C(=O)CCCN(c1ccc(C)cc1)S(C)(=O)=O. The molecule has 0 saturated carbocycles. The normalized spacial score (nSPS) is 12.0. The molecular weight excluding hydrogens is 454 g/mol. The lowest BCUT2D eigenvalue weighted by Gasteiger charge is -2.29. The quantitative estimate of drug-likeness (QED) is 0.494. The van der Waals surface area contributed by atoms with Crippen molar-refractivity contribution in [3.63, 3.8) is 0 Å². The van der Waals surface area contributed by atoms with Gasteiger partial charge in [0.25, 0.3) is 0 Å². The maximum atomic E-state index is 13.2. The topological polar surface area (TPSA) is 96.0 Å². The molecule has 2 amide bonds. The smallest absolute Gasteiger partial charge is 0.242 e. The lowest BCUT2D eigenvalue weighted by molar-refractivity contribution is -0.140. The van der Waals surface area contributed by atoms with Gasteiger partial charge in [0, 0.05) is 26.1 Å². The van der Waals surface area contributed by atoms with Gasteiger partial charge >= 0.3 is 0 Å². The van der Waals surface area contributed by atoms with Crippen LogP contribution in [0.2, 0.25) is 0 Å². The Balaban J connectivity index is 2.14. The van der Waals surface area contributed by atoms with Crippen molar-refractivity contribution < 1.29 is 22.7 Å². The van der Waals surface area contributed by atoms with Crippen LogP contribution in [0.15, 0.2) is 48.5 Å². The highest BCUT2D eigenvalue weighted by molar-refractivity contribution is 7.92. The van der Waals surface area contributed by atoms with Gasteiger partial charge in [-0.1, -0.05) is 29.8 Å². The zero-order valence-electron chi connectivity index (χ0n) is 20.6. The van der Waals surface area contributed by atoms with E-state index in [0.29, 0.717) is 24.4 Å². The number of anilines is 1. The van der Waals surface area contributed by atoms with E-state index in [1.807, 2.05) is 38.1 Å². The molecule has 0 aliphatic rings. The Kier molecular flexibility index (Phi) is 9.92. The van der Waals surface area contributed by atoms with Gasteiger partial charge in [0.15, 0.2) is 0 Å². The number of amides is 2. The molecule has 0 heterocycles. The van der Waals surface area contributed by atoms with Crippen LogP contribution in [0.5, 0.6) is 5.75 Å². The minimum Gasteiger partial charge on any atom is -0.497 e. The van der Waals surface area contributed by atoms with Crippen molar-refractivity contribution in [3.8, 4) is 5.75 Å². The van der Waals surface area contributed by atoms with E-state index in [4.69, 9.17) is 4.74 Å². The molecule has 0 fully saturated rings. The zero-order chi connectivity index (χ0) is 25.3. The van der Waals surface area contributed by atoms with E-state index in [1.54, 1.807) is 38.3 Å². The Morgan fingerprint density at radius 3 is 2.21 bits per heavy atom. The summed E-state index contributed by atoms with van der Waals surface area (Å²) < 4.78 is 31.2. The second-order valence-corrected chi connectivity index (χ2v) is 10.1. The molecule has 186 valence electrons. The Hall–Kier alpha value is -3.07. The van der Waals surface area contributed by atoms with Gasteiger partial charge in [0.2, 0.25) is 21.8 Å². The summed E-state index contributed by atoms with van der Waals surface area (Å²) >= 11 is 0. The maximum absolute atomic E-state index is 13.2. The molecule has 0 aliphatic carbocycles. The molecule has 0 unspecified atom stereocenters. The number of hydrogen-bond donors (Lipinski definition) is 1. The third kappa shape index (κ3) is 7.76. The third-order valence-corrected chi connectivity index (χ3v) is 6.70. The highest BCUT2D eigenvalue weighted by Gasteiger charge is 2.26. The van der Waals surface area contributed by atoms with Crippen molar-refractivity contribution in [1.82, 2.24) is 10.2 Å². The first-order valence-electron chi connectivity index (χ1n) is 11.3. The summed E-state index contributed by atoms with van der Waals surface area (Å²) in [6.45, 7) is 6.34. The Morgan fingerprint density at radius 2 is 1.68 bits per heavy atom. The first kappa shape index (κ1) is 27.2. The summed E-state index contributed by atoms with van der Waals surface area (Å²) in [4.78, 5) is 27.2. The predicted molar refractivity (Wildman–Crippen MR) is 134 cm³/mol. The first-order valence-corrected chi connectivity index (χ1v) is 13.2. The van der Waals surface area contributed by atoms with Gasteiger partial charge in [-0.05, 0) is 57.0 Å². The molecule has 2 aromatic rings. The Bertz CT molecular complexity index is 1050. The lowest BCUT2D eigenvalue weighted by atomic mass is 10.1. The van der Waals surface area contributed by atoms with E-state index in [9.17, 15) is 18.0 Å². The molecule has 0 spiro atoms. The van der Waals surface area contributed by atoms with Gasteiger partial charge in [-0.2, -0.15) is 0 Å². The van der Waals surface area contributed by atoms with Crippen molar-refractivity contribution in [2.24, 2.45) is 0 Å². The van der Waals surface area contributed by atoms with E-state index in [0.717, 1.165) is 17.4 Å². The van der Waals surface area contributed by atoms with Crippen LogP contribution < -0.4 is 14.4 Å². The molecule has 0 aliphatic heterocycles. The second kappa shape index (κ2) is 12.4. The van der Waals surface area contributed by atoms with Crippen molar-refractivity contribution in [2.75, 3.05) is 30.8 Å². The number of aryl methyl sites for hydroxylation is 1. The summed E-state index contributed by atoms with van der Waals surface area (Å²) in [7, 11) is -1.93. The molecule has 0 bridgehead atoms. The van der Waals surface area contributed by atoms with Crippen LogP contribution in [0.1, 0.15) is 37.8 Å². The highest BCUT2D eigenvalue weighted by atomic mass is 32.2.